The van der Waals surface area contributed by atoms with Crippen molar-refractivity contribution in [2.45, 2.75) is 0 Å². The molecule has 0 saturated carbocycles. The van der Waals surface area contributed by atoms with Gasteiger partial charge >= 0.3 is 0 Å². The Morgan fingerprint density at radius 3 is 2.20 bits per heavy atom. The number of carbonyl (C=O) groups is 1. The summed E-state index contributed by atoms with van der Waals surface area (Å²) in [7, 11) is -3.62. The fraction of sp³-hybridized carbons (Fsp3) is 0.143. The minimum absolute atomic E-state index is 0.145. The van der Waals surface area contributed by atoms with E-state index in [1.54, 1.807) is 0 Å². The van der Waals surface area contributed by atoms with Crippen LogP contribution in [0.4, 0.5) is 0 Å². The smallest absolute Gasteiger partial charge is 0.250 e. The zero-order chi connectivity index (χ0) is 11.8. The molecule has 0 bridgehead atoms. The Kier molecular flexibility index (Phi) is 3.60. The summed E-state index contributed by atoms with van der Waals surface area (Å²) in [4.78, 5) is 11.2. The number of halogens is 3. The molecule has 0 aromatic carbocycles. The van der Waals surface area contributed by atoms with Crippen LogP contribution in [0.1, 0.15) is 0 Å². The van der Waals surface area contributed by atoms with E-state index in [4.69, 9.17) is 34.8 Å². The molecule has 1 aliphatic carbocycles. The predicted octanol–water partition coefficient (Wildman–Crippen LogP) is 1.78. The van der Waals surface area contributed by atoms with Gasteiger partial charge in [-0.15, -0.1) is 0 Å². The maximum absolute atomic E-state index is 11.2. The Labute approximate surface area is 101 Å². The normalized spacial score (nSPS) is 20.9. The van der Waals surface area contributed by atoms with Gasteiger partial charge in [-0.1, -0.05) is 34.8 Å². The molecule has 0 heterocycles. The molecule has 0 aromatic rings. The number of rotatable bonds is 1. The lowest BCUT2D eigenvalue weighted by Crippen LogP contribution is -2.13. The highest BCUT2D eigenvalue weighted by atomic mass is 35.5. The van der Waals surface area contributed by atoms with Crippen molar-refractivity contribution in [2.24, 2.45) is 4.40 Å². The average Bonchev–Trinajstić information content (AvgIpc) is 2.08. The molecule has 0 amide bonds. The summed E-state index contributed by atoms with van der Waals surface area (Å²) < 4.78 is 25.0. The van der Waals surface area contributed by atoms with E-state index in [1.807, 2.05) is 0 Å². The van der Waals surface area contributed by atoms with E-state index in [2.05, 4.69) is 4.40 Å². The molecular weight excluding hydrogens is 285 g/mol. The summed E-state index contributed by atoms with van der Waals surface area (Å²) in [5.41, 5.74) is -0.145. The van der Waals surface area contributed by atoms with Gasteiger partial charge in [0.05, 0.1) is 22.0 Å². The lowest BCUT2D eigenvalue weighted by molar-refractivity contribution is -0.111. The third kappa shape index (κ3) is 3.04. The monoisotopic (exact) mass is 287 g/mol. The van der Waals surface area contributed by atoms with Crippen molar-refractivity contribution in [1.82, 2.24) is 0 Å². The van der Waals surface area contributed by atoms with Gasteiger partial charge in [0.25, 0.3) is 10.0 Å². The van der Waals surface area contributed by atoms with Crippen LogP contribution < -0.4 is 0 Å². The van der Waals surface area contributed by atoms with Crippen molar-refractivity contribution in [2.75, 3.05) is 6.26 Å². The molecule has 8 heteroatoms. The number of hydrogen-bond acceptors (Lipinski definition) is 3. The second kappa shape index (κ2) is 4.25. The zero-order valence-electron chi connectivity index (χ0n) is 7.29. The quantitative estimate of drug-likeness (QED) is 0.691. The van der Waals surface area contributed by atoms with Gasteiger partial charge in [0, 0.05) is 0 Å². The van der Waals surface area contributed by atoms with Crippen molar-refractivity contribution in [3.8, 4) is 0 Å². The number of Topliss-reactive ketones (excluding diaryl/α,β-unsaturated/α-hetero) is 1. The first kappa shape index (κ1) is 12.7. The highest BCUT2D eigenvalue weighted by Gasteiger charge is 2.24. The molecule has 0 unspecified atom stereocenters. The van der Waals surface area contributed by atoms with Crippen LogP contribution in [-0.2, 0) is 14.8 Å². The van der Waals surface area contributed by atoms with Crippen LogP contribution in [0.15, 0.2) is 25.6 Å². The van der Waals surface area contributed by atoms with Crippen molar-refractivity contribution in [3.63, 3.8) is 0 Å². The number of carbonyl (C=O) groups excluding carboxylic acids is 1. The molecule has 1 aliphatic rings. The van der Waals surface area contributed by atoms with Gasteiger partial charge in [0.15, 0.2) is 0 Å². The molecule has 0 N–H and O–H groups in total. The second-order valence-corrected chi connectivity index (χ2v) is 5.47. The largest absolute Gasteiger partial charge is 0.287 e. The van der Waals surface area contributed by atoms with E-state index in [0.717, 1.165) is 12.3 Å². The van der Waals surface area contributed by atoms with Gasteiger partial charge in [0.2, 0.25) is 5.78 Å². The van der Waals surface area contributed by atoms with Crippen LogP contribution in [0.2, 0.25) is 0 Å². The summed E-state index contributed by atoms with van der Waals surface area (Å²) in [6.07, 6.45) is 1.94. The maximum atomic E-state index is 11.2. The molecule has 0 fully saturated rings. The molecular formula is C7H4Cl3NO3S. The number of sulfonamides is 1. The summed E-state index contributed by atoms with van der Waals surface area (Å²) in [6.45, 7) is 0. The molecule has 0 radical (unpaired) electrons. The van der Waals surface area contributed by atoms with E-state index in [9.17, 15) is 13.2 Å². The molecule has 0 aromatic heterocycles. The van der Waals surface area contributed by atoms with Crippen LogP contribution in [0.3, 0.4) is 0 Å². The number of allylic oxidation sites excluding steroid dienone is 4. The van der Waals surface area contributed by atoms with Gasteiger partial charge in [-0.3, -0.25) is 4.79 Å². The van der Waals surface area contributed by atoms with Gasteiger partial charge in [-0.25, -0.2) is 8.42 Å². The SMILES string of the molecule is CS(=O)(=O)N=C1C=C(Cl)C(=O)C(Cl)=C1Cl. The molecule has 4 nitrogen and oxygen atoms in total. The van der Waals surface area contributed by atoms with Crippen LogP contribution in [0.25, 0.3) is 0 Å². The van der Waals surface area contributed by atoms with Crippen LogP contribution in [0, 0.1) is 0 Å². The van der Waals surface area contributed by atoms with Gasteiger partial charge in [0.1, 0.15) is 5.03 Å². The van der Waals surface area contributed by atoms with Crippen molar-refractivity contribution in [3.05, 3.63) is 21.2 Å². The van der Waals surface area contributed by atoms with Crippen molar-refractivity contribution < 1.29 is 13.2 Å². The Morgan fingerprint density at radius 1 is 1.20 bits per heavy atom. The molecule has 82 valence electrons. The van der Waals surface area contributed by atoms with E-state index < -0.39 is 15.8 Å². The second-order valence-electron chi connectivity index (χ2n) is 2.66. The Bertz CT molecular complexity index is 516. The Hall–Kier alpha value is -0.360. The summed E-state index contributed by atoms with van der Waals surface area (Å²) >= 11 is 16.7. The highest BCUT2D eigenvalue weighted by Crippen LogP contribution is 2.27. The zero-order valence-corrected chi connectivity index (χ0v) is 10.4. The van der Waals surface area contributed by atoms with E-state index in [1.165, 1.54) is 0 Å². The lowest BCUT2D eigenvalue weighted by Gasteiger charge is -2.08. The molecule has 0 aliphatic heterocycles. The van der Waals surface area contributed by atoms with Crippen molar-refractivity contribution >= 4 is 56.3 Å². The summed E-state index contributed by atoms with van der Waals surface area (Å²) in [6, 6.07) is 0. The third-order valence-electron chi connectivity index (χ3n) is 1.36. The van der Waals surface area contributed by atoms with Gasteiger partial charge < -0.3 is 0 Å². The predicted molar refractivity (Wildman–Crippen MR) is 60.0 cm³/mol. The Balaban J connectivity index is 3.37. The summed E-state index contributed by atoms with van der Waals surface area (Å²) in [5, 5.41) is -0.796. The molecule has 1 rings (SSSR count). The molecule has 0 saturated heterocycles. The standard InChI is InChI=1S/C7H4Cl3NO3S/c1-15(13,14)11-4-2-3(8)7(12)6(10)5(4)9/h2H,1H3. The third-order valence-corrected chi connectivity index (χ3v) is 3.01. The molecule has 0 atom stereocenters. The van der Waals surface area contributed by atoms with Crippen LogP contribution in [-0.4, -0.2) is 26.2 Å². The number of hydrogen-bond donors (Lipinski definition) is 0. The fourth-order valence-corrected chi connectivity index (χ4v) is 1.99. The first-order valence-electron chi connectivity index (χ1n) is 3.50. The van der Waals surface area contributed by atoms with Gasteiger partial charge in [-0.05, 0) is 6.08 Å². The minimum Gasteiger partial charge on any atom is -0.287 e. The van der Waals surface area contributed by atoms with E-state index in [0.29, 0.717) is 0 Å². The van der Waals surface area contributed by atoms with E-state index in [-0.39, 0.29) is 20.8 Å². The van der Waals surface area contributed by atoms with Crippen molar-refractivity contribution in [1.29, 1.82) is 0 Å². The fourth-order valence-electron chi connectivity index (χ4n) is 0.811. The van der Waals surface area contributed by atoms with Gasteiger partial charge in [-0.2, -0.15) is 4.40 Å². The lowest BCUT2D eigenvalue weighted by atomic mass is 10.1. The summed E-state index contributed by atoms with van der Waals surface area (Å²) in [5.74, 6) is -0.657. The number of ketones is 1. The molecule has 15 heavy (non-hydrogen) atoms. The highest BCUT2D eigenvalue weighted by molar-refractivity contribution is 7.89. The number of nitrogens with zero attached hydrogens (tertiary/aromatic N) is 1. The molecule has 0 spiro atoms. The first-order valence-corrected chi connectivity index (χ1v) is 6.48. The van der Waals surface area contributed by atoms with Crippen LogP contribution >= 0.6 is 34.8 Å². The first-order chi connectivity index (χ1) is 6.72. The minimum atomic E-state index is -3.62. The average molecular weight is 289 g/mol. The van der Waals surface area contributed by atoms with E-state index >= 15 is 0 Å². The maximum Gasteiger partial charge on any atom is 0.250 e. The Morgan fingerprint density at radius 2 is 1.73 bits per heavy atom. The van der Waals surface area contributed by atoms with Crippen LogP contribution in [0.5, 0.6) is 0 Å². The topological polar surface area (TPSA) is 63.6 Å².